The van der Waals surface area contributed by atoms with Crippen molar-refractivity contribution >= 4 is 17.5 Å². The molecule has 1 rings (SSSR count). The maximum absolute atomic E-state index is 12.1. The van der Waals surface area contributed by atoms with E-state index in [0.717, 1.165) is 6.42 Å². The summed E-state index contributed by atoms with van der Waals surface area (Å²) >= 11 is 5.98. The number of benzene rings is 1. The molecule has 1 aromatic carbocycles. The summed E-state index contributed by atoms with van der Waals surface area (Å²) in [5.41, 5.74) is -0.0371. The molecule has 0 fully saturated rings. The van der Waals surface area contributed by atoms with Crippen LogP contribution < -0.4 is 14.8 Å². The Morgan fingerprint density at radius 3 is 2.57 bits per heavy atom. The van der Waals surface area contributed by atoms with E-state index in [0.29, 0.717) is 6.61 Å². The zero-order valence-corrected chi connectivity index (χ0v) is 12.3. The number of halogens is 4. The summed E-state index contributed by atoms with van der Waals surface area (Å²) < 4.78 is 46.7. The maximum Gasteiger partial charge on any atom is 0.405 e. The van der Waals surface area contributed by atoms with Crippen LogP contribution in [-0.2, 0) is 0 Å². The fourth-order valence-electron chi connectivity index (χ4n) is 1.48. The topological polar surface area (TPSA) is 47.6 Å². The Hall–Kier alpha value is -1.63. The molecule has 0 unspecified atom stereocenters. The highest BCUT2D eigenvalue weighted by molar-refractivity contribution is 6.32. The lowest BCUT2D eigenvalue weighted by Crippen LogP contribution is -2.33. The van der Waals surface area contributed by atoms with E-state index >= 15 is 0 Å². The third-order valence-electron chi connectivity index (χ3n) is 2.39. The molecular formula is C13H15ClF3NO3. The predicted octanol–water partition coefficient (Wildman–Crippen LogP) is 3.43. The van der Waals surface area contributed by atoms with Gasteiger partial charge >= 0.3 is 6.18 Å². The molecule has 0 spiro atoms. The lowest BCUT2D eigenvalue weighted by molar-refractivity contribution is -0.123. The number of carbonyl (C=O) groups is 1. The summed E-state index contributed by atoms with van der Waals surface area (Å²) in [7, 11) is 1.35. The Labute approximate surface area is 125 Å². The van der Waals surface area contributed by atoms with Gasteiger partial charge in [-0.3, -0.25) is 4.79 Å². The lowest BCUT2D eigenvalue weighted by Gasteiger charge is -2.14. The molecule has 0 bridgehead atoms. The van der Waals surface area contributed by atoms with Crippen LogP contribution in [0.1, 0.15) is 23.7 Å². The van der Waals surface area contributed by atoms with E-state index in [1.807, 2.05) is 6.92 Å². The Bertz CT molecular complexity index is 506. The standard InChI is InChI=1S/C13H15ClF3NO3/c1-3-4-21-11-9(14)5-8(6-10(11)20-2)12(19)18-7-13(15,16)17/h5-6H,3-4,7H2,1-2H3,(H,18,19). The molecule has 118 valence electrons. The van der Waals surface area contributed by atoms with Crippen molar-refractivity contribution in [2.24, 2.45) is 0 Å². The second kappa shape index (κ2) is 7.40. The van der Waals surface area contributed by atoms with Crippen LogP contribution in [0.4, 0.5) is 13.2 Å². The average molecular weight is 326 g/mol. The molecule has 0 saturated carbocycles. The molecule has 0 atom stereocenters. The van der Waals surface area contributed by atoms with Gasteiger partial charge in [0.15, 0.2) is 11.5 Å². The molecule has 1 N–H and O–H groups in total. The second-order valence-electron chi connectivity index (χ2n) is 4.14. The molecule has 0 radical (unpaired) electrons. The van der Waals surface area contributed by atoms with Gasteiger partial charge in [-0.05, 0) is 18.6 Å². The molecule has 0 saturated heterocycles. The molecule has 0 aliphatic carbocycles. The molecule has 0 aromatic heterocycles. The van der Waals surface area contributed by atoms with E-state index in [2.05, 4.69) is 0 Å². The first-order valence-electron chi connectivity index (χ1n) is 6.13. The largest absolute Gasteiger partial charge is 0.493 e. The van der Waals surface area contributed by atoms with E-state index in [9.17, 15) is 18.0 Å². The highest BCUT2D eigenvalue weighted by Crippen LogP contribution is 2.36. The van der Waals surface area contributed by atoms with Gasteiger partial charge < -0.3 is 14.8 Å². The first-order valence-corrected chi connectivity index (χ1v) is 6.51. The van der Waals surface area contributed by atoms with Gasteiger partial charge in [0, 0.05) is 5.56 Å². The summed E-state index contributed by atoms with van der Waals surface area (Å²) in [4.78, 5) is 11.7. The zero-order valence-electron chi connectivity index (χ0n) is 11.5. The van der Waals surface area contributed by atoms with E-state index in [1.165, 1.54) is 19.2 Å². The highest BCUT2D eigenvalue weighted by Gasteiger charge is 2.28. The summed E-state index contributed by atoms with van der Waals surface area (Å²) in [5, 5.41) is 1.86. The fraction of sp³-hybridized carbons (Fsp3) is 0.462. The molecule has 0 heterocycles. The average Bonchev–Trinajstić information content (AvgIpc) is 2.41. The van der Waals surface area contributed by atoms with Crippen molar-refractivity contribution in [2.75, 3.05) is 20.3 Å². The van der Waals surface area contributed by atoms with Crippen molar-refractivity contribution in [1.82, 2.24) is 5.32 Å². The van der Waals surface area contributed by atoms with Gasteiger partial charge in [-0.25, -0.2) is 0 Å². The van der Waals surface area contributed by atoms with E-state index in [4.69, 9.17) is 21.1 Å². The van der Waals surface area contributed by atoms with Gasteiger partial charge in [-0.2, -0.15) is 13.2 Å². The second-order valence-corrected chi connectivity index (χ2v) is 4.54. The van der Waals surface area contributed by atoms with Crippen LogP contribution in [0, 0.1) is 0 Å². The lowest BCUT2D eigenvalue weighted by atomic mass is 10.2. The van der Waals surface area contributed by atoms with Gasteiger partial charge in [-0.1, -0.05) is 18.5 Å². The zero-order chi connectivity index (χ0) is 16.0. The minimum atomic E-state index is -4.48. The summed E-state index contributed by atoms with van der Waals surface area (Å²) in [6.45, 7) is 0.884. The number of carbonyl (C=O) groups excluding carboxylic acids is 1. The van der Waals surface area contributed by atoms with E-state index < -0.39 is 18.6 Å². The number of nitrogens with one attached hydrogen (secondary N) is 1. The van der Waals surface area contributed by atoms with Crippen molar-refractivity contribution in [3.8, 4) is 11.5 Å². The third-order valence-corrected chi connectivity index (χ3v) is 2.67. The van der Waals surface area contributed by atoms with Crippen LogP contribution >= 0.6 is 11.6 Å². The number of hydrogen-bond acceptors (Lipinski definition) is 3. The molecular weight excluding hydrogens is 311 g/mol. The van der Waals surface area contributed by atoms with Crippen molar-refractivity contribution in [3.63, 3.8) is 0 Å². The molecule has 0 aliphatic heterocycles. The number of methoxy groups -OCH3 is 1. The predicted molar refractivity (Wildman–Crippen MR) is 72.2 cm³/mol. The fourth-order valence-corrected chi connectivity index (χ4v) is 1.74. The van der Waals surface area contributed by atoms with Gasteiger partial charge in [0.05, 0.1) is 18.7 Å². The van der Waals surface area contributed by atoms with E-state index in [1.54, 1.807) is 5.32 Å². The number of hydrogen-bond donors (Lipinski definition) is 1. The van der Waals surface area contributed by atoms with Crippen molar-refractivity contribution in [2.45, 2.75) is 19.5 Å². The van der Waals surface area contributed by atoms with Crippen LogP contribution in [0.3, 0.4) is 0 Å². The van der Waals surface area contributed by atoms with Crippen molar-refractivity contribution in [1.29, 1.82) is 0 Å². The monoisotopic (exact) mass is 325 g/mol. The molecule has 1 aromatic rings. The first-order chi connectivity index (χ1) is 9.78. The number of amides is 1. The Morgan fingerprint density at radius 2 is 2.05 bits per heavy atom. The van der Waals surface area contributed by atoms with Crippen LogP contribution in [0.25, 0.3) is 0 Å². The van der Waals surface area contributed by atoms with Crippen molar-refractivity contribution in [3.05, 3.63) is 22.7 Å². The Kier molecular flexibility index (Phi) is 6.14. The van der Waals surface area contributed by atoms with Crippen LogP contribution in [-0.4, -0.2) is 32.3 Å². The molecule has 8 heteroatoms. The summed E-state index contributed by atoms with van der Waals surface area (Å²) in [6.07, 6.45) is -3.74. The van der Waals surface area contributed by atoms with Crippen molar-refractivity contribution < 1.29 is 27.4 Å². The minimum Gasteiger partial charge on any atom is -0.493 e. The quantitative estimate of drug-likeness (QED) is 0.871. The van der Waals surface area contributed by atoms with Gasteiger partial charge in [0.1, 0.15) is 6.54 Å². The van der Waals surface area contributed by atoms with Crippen LogP contribution in [0.5, 0.6) is 11.5 Å². The smallest absolute Gasteiger partial charge is 0.405 e. The number of alkyl halides is 3. The Morgan fingerprint density at radius 1 is 1.38 bits per heavy atom. The third kappa shape index (κ3) is 5.34. The maximum atomic E-state index is 12.1. The molecule has 21 heavy (non-hydrogen) atoms. The number of ether oxygens (including phenoxy) is 2. The number of rotatable bonds is 6. The van der Waals surface area contributed by atoms with Gasteiger partial charge in [-0.15, -0.1) is 0 Å². The van der Waals surface area contributed by atoms with Crippen LogP contribution in [0.2, 0.25) is 5.02 Å². The van der Waals surface area contributed by atoms with Gasteiger partial charge in [0.25, 0.3) is 5.91 Å². The SMILES string of the molecule is CCCOc1c(Cl)cc(C(=O)NCC(F)(F)F)cc1OC. The molecule has 0 aliphatic rings. The Balaban J connectivity index is 2.94. The summed E-state index contributed by atoms with van der Waals surface area (Å²) in [5.74, 6) is -0.448. The van der Waals surface area contributed by atoms with Gasteiger partial charge in [0.2, 0.25) is 0 Å². The highest BCUT2D eigenvalue weighted by atomic mass is 35.5. The summed E-state index contributed by atoms with van der Waals surface area (Å²) in [6, 6.07) is 2.52. The normalized spacial score (nSPS) is 11.1. The van der Waals surface area contributed by atoms with E-state index in [-0.39, 0.29) is 22.1 Å². The molecule has 1 amide bonds. The molecule has 4 nitrogen and oxygen atoms in total. The first kappa shape index (κ1) is 17.4. The van der Waals surface area contributed by atoms with Crippen LogP contribution in [0.15, 0.2) is 12.1 Å². The minimum absolute atomic E-state index is 0.0371.